The lowest BCUT2D eigenvalue weighted by Gasteiger charge is -2.13. The quantitative estimate of drug-likeness (QED) is 0.652. The molecule has 1 fully saturated rings. The van der Waals surface area contributed by atoms with Crippen LogP contribution in [0.1, 0.15) is 34.1 Å². The van der Waals surface area contributed by atoms with Crippen molar-refractivity contribution in [1.82, 2.24) is 0 Å². The molecule has 104 valence electrons. The molecule has 0 saturated heterocycles. The van der Waals surface area contributed by atoms with Gasteiger partial charge in [-0.05, 0) is 37.8 Å². The summed E-state index contributed by atoms with van der Waals surface area (Å²) in [4.78, 5) is 10.9. The predicted molar refractivity (Wildman–Crippen MR) is 74.7 cm³/mol. The molecular formula is C14H20N2O3. The average molecular weight is 264 g/mol. The highest BCUT2D eigenvalue weighted by Crippen LogP contribution is 2.48. The lowest BCUT2D eigenvalue weighted by Crippen LogP contribution is -2.12. The van der Waals surface area contributed by atoms with Crippen LogP contribution in [-0.4, -0.2) is 17.1 Å². The summed E-state index contributed by atoms with van der Waals surface area (Å²) in [5.74, 6) is 0.323. The Morgan fingerprint density at radius 3 is 2.58 bits per heavy atom. The van der Waals surface area contributed by atoms with Crippen LogP contribution >= 0.6 is 0 Å². The number of benzene rings is 1. The number of rotatable bonds is 5. The van der Waals surface area contributed by atoms with Crippen molar-refractivity contribution in [3.8, 4) is 5.75 Å². The lowest BCUT2D eigenvalue weighted by atomic mass is 10.2. The van der Waals surface area contributed by atoms with Crippen molar-refractivity contribution in [3.05, 3.63) is 28.3 Å². The third kappa shape index (κ3) is 2.97. The minimum Gasteiger partial charge on any atom is -0.484 e. The molecule has 0 radical (unpaired) electrons. The van der Waals surface area contributed by atoms with Crippen LogP contribution in [0.5, 0.6) is 5.75 Å². The van der Waals surface area contributed by atoms with Crippen molar-refractivity contribution in [2.75, 3.05) is 5.32 Å². The van der Waals surface area contributed by atoms with E-state index in [0.29, 0.717) is 17.5 Å². The SMILES string of the molecule is CC(C)Oc1cccc(NC2CC2(C)C)c1[N+](=O)[O-]. The molecule has 1 aromatic rings. The van der Waals surface area contributed by atoms with Crippen LogP contribution in [0.15, 0.2) is 18.2 Å². The molecule has 1 atom stereocenters. The zero-order chi connectivity index (χ0) is 14.2. The van der Waals surface area contributed by atoms with Crippen molar-refractivity contribution in [2.45, 2.75) is 46.3 Å². The number of anilines is 1. The van der Waals surface area contributed by atoms with Gasteiger partial charge in [-0.15, -0.1) is 0 Å². The fourth-order valence-corrected chi connectivity index (χ4v) is 2.08. The summed E-state index contributed by atoms with van der Waals surface area (Å²) < 4.78 is 5.52. The van der Waals surface area contributed by atoms with E-state index in [4.69, 9.17) is 4.74 Å². The number of nitrogens with zero attached hydrogens (tertiary/aromatic N) is 1. The minimum atomic E-state index is -0.380. The average Bonchev–Trinajstić information content (AvgIpc) is 2.84. The van der Waals surface area contributed by atoms with Crippen LogP contribution in [0.3, 0.4) is 0 Å². The number of hydrogen-bond donors (Lipinski definition) is 1. The topological polar surface area (TPSA) is 64.4 Å². The fourth-order valence-electron chi connectivity index (χ4n) is 2.08. The van der Waals surface area contributed by atoms with E-state index in [0.717, 1.165) is 6.42 Å². The Morgan fingerprint density at radius 1 is 1.47 bits per heavy atom. The zero-order valence-corrected chi connectivity index (χ0v) is 11.8. The second-order valence-electron chi connectivity index (χ2n) is 5.97. The van der Waals surface area contributed by atoms with Gasteiger partial charge in [0.25, 0.3) is 0 Å². The Balaban J connectivity index is 2.29. The number of nitro groups is 1. The Hall–Kier alpha value is -1.78. The summed E-state index contributed by atoms with van der Waals surface area (Å²) in [7, 11) is 0. The number of nitrogens with one attached hydrogen (secondary N) is 1. The maximum Gasteiger partial charge on any atom is 0.333 e. The first kappa shape index (κ1) is 13.6. The van der Waals surface area contributed by atoms with Gasteiger partial charge in [-0.1, -0.05) is 19.9 Å². The molecule has 0 spiro atoms. The molecule has 5 heteroatoms. The highest BCUT2D eigenvalue weighted by atomic mass is 16.6. The minimum absolute atomic E-state index is 0.0268. The molecule has 5 nitrogen and oxygen atoms in total. The van der Waals surface area contributed by atoms with Gasteiger partial charge in [-0.2, -0.15) is 0 Å². The van der Waals surface area contributed by atoms with Crippen molar-refractivity contribution in [1.29, 1.82) is 0 Å². The van der Waals surface area contributed by atoms with Gasteiger partial charge in [0.2, 0.25) is 0 Å². The van der Waals surface area contributed by atoms with Gasteiger partial charge in [0, 0.05) is 6.04 Å². The van der Waals surface area contributed by atoms with E-state index in [-0.39, 0.29) is 22.1 Å². The number of ether oxygens (including phenoxy) is 1. The highest BCUT2D eigenvalue weighted by molar-refractivity contribution is 5.69. The maximum absolute atomic E-state index is 11.3. The Bertz CT molecular complexity index is 497. The molecule has 0 amide bonds. The molecule has 1 aliphatic rings. The van der Waals surface area contributed by atoms with Crippen molar-refractivity contribution >= 4 is 11.4 Å². The third-order valence-electron chi connectivity index (χ3n) is 3.39. The largest absolute Gasteiger partial charge is 0.484 e. The van der Waals surface area contributed by atoms with Crippen LogP contribution in [0, 0.1) is 15.5 Å². The first-order chi connectivity index (χ1) is 8.81. The van der Waals surface area contributed by atoms with Gasteiger partial charge in [0.15, 0.2) is 5.75 Å². The molecule has 0 heterocycles. The van der Waals surface area contributed by atoms with E-state index in [1.807, 2.05) is 13.8 Å². The molecule has 1 aromatic carbocycles. The zero-order valence-electron chi connectivity index (χ0n) is 11.8. The van der Waals surface area contributed by atoms with Gasteiger partial charge in [0.1, 0.15) is 5.69 Å². The lowest BCUT2D eigenvalue weighted by molar-refractivity contribution is -0.385. The molecule has 0 aliphatic heterocycles. The molecule has 0 aromatic heterocycles. The van der Waals surface area contributed by atoms with E-state index in [9.17, 15) is 10.1 Å². The van der Waals surface area contributed by atoms with Gasteiger partial charge in [0.05, 0.1) is 11.0 Å². The second kappa shape index (κ2) is 4.72. The Morgan fingerprint density at radius 2 is 2.11 bits per heavy atom. The van der Waals surface area contributed by atoms with E-state index in [1.165, 1.54) is 0 Å². The number of hydrogen-bond acceptors (Lipinski definition) is 4. The molecule has 0 bridgehead atoms. The van der Waals surface area contributed by atoms with E-state index >= 15 is 0 Å². The highest BCUT2D eigenvalue weighted by Gasteiger charge is 2.46. The van der Waals surface area contributed by atoms with Gasteiger partial charge >= 0.3 is 5.69 Å². The van der Waals surface area contributed by atoms with E-state index in [1.54, 1.807) is 18.2 Å². The standard InChI is InChI=1S/C14H20N2O3/c1-9(2)19-11-7-5-6-10(13(11)16(17)18)15-12-8-14(12,3)4/h5-7,9,12,15H,8H2,1-4H3. The number of para-hydroxylation sites is 1. The van der Waals surface area contributed by atoms with Gasteiger partial charge in [-0.25, -0.2) is 0 Å². The van der Waals surface area contributed by atoms with Crippen LogP contribution in [-0.2, 0) is 0 Å². The molecule has 2 rings (SSSR count). The molecule has 1 aliphatic carbocycles. The normalized spacial score (nSPS) is 20.2. The van der Waals surface area contributed by atoms with E-state index in [2.05, 4.69) is 19.2 Å². The van der Waals surface area contributed by atoms with Gasteiger partial charge < -0.3 is 10.1 Å². The first-order valence-electron chi connectivity index (χ1n) is 6.52. The first-order valence-corrected chi connectivity index (χ1v) is 6.52. The fraction of sp³-hybridized carbons (Fsp3) is 0.571. The van der Waals surface area contributed by atoms with Crippen molar-refractivity contribution in [3.63, 3.8) is 0 Å². The summed E-state index contributed by atoms with van der Waals surface area (Å²) in [6.45, 7) is 8.00. The van der Waals surface area contributed by atoms with E-state index < -0.39 is 0 Å². The molecule has 1 unspecified atom stereocenters. The van der Waals surface area contributed by atoms with Crippen LogP contribution in [0.25, 0.3) is 0 Å². The Kier molecular flexibility index (Phi) is 3.39. The molecule has 1 saturated carbocycles. The van der Waals surface area contributed by atoms with Crippen molar-refractivity contribution < 1.29 is 9.66 Å². The van der Waals surface area contributed by atoms with Crippen LogP contribution < -0.4 is 10.1 Å². The summed E-state index contributed by atoms with van der Waals surface area (Å²) in [5.41, 5.74) is 0.778. The van der Waals surface area contributed by atoms with Crippen LogP contribution in [0.4, 0.5) is 11.4 Å². The number of nitro benzene ring substituents is 1. The molecule has 19 heavy (non-hydrogen) atoms. The molecule has 1 N–H and O–H groups in total. The van der Waals surface area contributed by atoms with Crippen molar-refractivity contribution in [2.24, 2.45) is 5.41 Å². The summed E-state index contributed by atoms with van der Waals surface area (Å²) in [6, 6.07) is 5.45. The summed E-state index contributed by atoms with van der Waals surface area (Å²) in [6.07, 6.45) is 0.936. The second-order valence-corrected chi connectivity index (χ2v) is 5.97. The smallest absolute Gasteiger partial charge is 0.333 e. The summed E-state index contributed by atoms with van der Waals surface area (Å²) in [5, 5.41) is 14.5. The predicted octanol–water partition coefficient (Wildman–Crippen LogP) is 3.59. The van der Waals surface area contributed by atoms with Gasteiger partial charge in [-0.3, -0.25) is 10.1 Å². The third-order valence-corrected chi connectivity index (χ3v) is 3.39. The monoisotopic (exact) mass is 264 g/mol. The maximum atomic E-state index is 11.3. The Labute approximate surface area is 113 Å². The molecular weight excluding hydrogens is 244 g/mol. The van der Waals surface area contributed by atoms with Crippen LogP contribution in [0.2, 0.25) is 0 Å². The summed E-state index contributed by atoms with van der Waals surface area (Å²) >= 11 is 0.